The Kier molecular flexibility index (Phi) is 0.823. The number of fused-ring (bicyclic) bond motifs is 2. The van der Waals surface area contributed by atoms with Crippen molar-refractivity contribution in [1.29, 1.82) is 0 Å². The summed E-state index contributed by atoms with van der Waals surface area (Å²) in [5, 5.41) is 2.77. The van der Waals surface area contributed by atoms with Crippen molar-refractivity contribution in [3.05, 3.63) is 22.3 Å². The minimum absolute atomic E-state index is 0.862. The number of aromatic amines is 1. The summed E-state index contributed by atoms with van der Waals surface area (Å²) in [6, 6.07) is 2.24. The van der Waals surface area contributed by atoms with Gasteiger partial charge in [0, 0.05) is 11.0 Å². The third-order valence-corrected chi connectivity index (χ3v) is 2.68. The van der Waals surface area contributed by atoms with Crippen LogP contribution in [0.2, 0.25) is 0 Å². The van der Waals surface area contributed by atoms with Crippen molar-refractivity contribution in [2.75, 3.05) is 0 Å². The van der Waals surface area contributed by atoms with Gasteiger partial charge in [-0.25, -0.2) is 0 Å². The van der Waals surface area contributed by atoms with E-state index in [0.29, 0.717) is 0 Å². The predicted molar refractivity (Wildman–Crippen MR) is 45.3 cm³/mol. The van der Waals surface area contributed by atoms with Crippen molar-refractivity contribution in [3.63, 3.8) is 0 Å². The summed E-state index contributed by atoms with van der Waals surface area (Å²) < 4.78 is 0. The maximum absolute atomic E-state index is 3.37. The number of hydrogen-bond donors (Lipinski definition) is 1. The Labute approximate surface area is 65.4 Å². The molecule has 1 heterocycles. The van der Waals surface area contributed by atoms with Crippen LogP contribution in [0, 0.1) is 18.8 Å². The maximum Gasteiger partial charge on any atom is 0.0415 e. The van der Waals surface area contributed by atoms with Crippen LogP contribution in [-0.2, 0) is 0 Å². The highest BCUT2D eigenvalue weighted by Crippen LogP contribution is 2.41. The molecule has 1 heteroatoms. The Bertz CT molecular complexity index is 373. The molecule has 2 unspecified atom stereocenters. The monoisotopic (exact) mass is 145 g/mol. The molecule has 0 bridgehead atoms. The van der Waals surface area contributed by atoms with Gasteiger partial charge in [-0.05, 0) is 36.5 Å². The van der Waals surface area contributed by atoms with Crippen LogP contribution < -0.4 is 10.6 Å². The second-order valence-corrected chi connectivity index (χ2v) is 3.72. The van der Waals surface area contributed by atoms with E-state index >= 15 is 0 Å². The normalized spacial score (nSPS) is 31.4. The minimum atomic E-state index is 0.862. The molecule has 1 nitrogen and oxygen atoms in total. The third-order valence-electron chi connectivity index (χ3n) is 2.68. The van der Waals surface area contributed by atoms with Gasteiger partial charge in [0.15, 0.2) is 0 Å². The van der Waals surface area contributed by atoms with Gasteiger partial charge in [0.1, 0.15) is 0 Å². The molecule has 0 amide bonds. The summed E-state index contributed by atoms with van der Waals surface area (Å²) in [5.41, 5.74) is 1.28. The Balaban J connectivity index is 2.40. The molecule has 2 aliphatic rings. The van der Waals surface area contributed by atoms with Gasteiger partial charge in [0.25, 0.3) is 0 Å². The quantitative estimate of drug-likeness (QED) is 0.548. The SMILES string of the molecule is Cc1cc2c([nH]1)=CC1CC1C=2. The summed E-state index contributed by atoms with van der Waals surface area (Å²) in [6.07, 6.45) is 6.16. The van der Waals surface area contributed by atoms with E-state index in [1.807, 2.05) is 0 Å². The molecule has 2 atom stereocenters. The largest absolute Gasteiger partial charge is 0.359 e. The van der Waals surface area contributed by atoms with Crippen LogP contribution >= 0.6 is 0 Å². The number of aromatic nitrogens is 1. The van der Waals surface area contributed by atoms with E-state index in [0.717, 1.165) is 11.8 Å². The molecule has 1 N–H and O–H groups in total. The number of nitrogens with one attached hydrogen (secondary N) is 1. The van der Waals surface area contributed by atoms with Crippen LogP contribution in [0.5, 0.6) is 0 Å². The summed E-state index contributed by atoms with van der Waals surface area (Å²) in [5.74, 6) is 1.73. The smallest absolute Gasteiger partial charge is 0.0415 e. The molecule has 1 saturated carbocycles. The highest BCUT2D eigenvalue weighted by Gasteiger charge is 2.34. The average Bonchev–Trinajstić information content (AvgIpc) is 2.57. The zero-order chi connectivity index (χ0) is 7.42. The van der Waals surface area contributed by atoms with Gasteiger partial charge in [0.05, 0.1) is 0 Å². The topological polar surface area (TPSA) is 15.8 Å². The lowest BCUT2D eigenvalue weighted by Crippen LogP contribution is -2.24. The molecule has 0 spiro atoms. The highest BCUT2D eigenvalue weighted by atomic mass is 14.7. The van der Waals surface area contributed by atoms with Crippen LogP contribution in [-0.4, -0.2) is 4.98 Å². The summed E-state index contributed by atoms with van der Waals surface area (Å²) in [7, 11) is 0. The molecule has 2 aliphatic carbocycles. The lowest BCUT2D eigenvalue weighted by Gasteiger charge is -1.90. The fourth-order valence-corrected chi connectivity index (χ4v) is 1.97. The predicted octanol–water partition coefficient (Wildman–Crippen LogP) is 0.534. The molecule has 1 aromatic heterocycles. The van der Waals surface area contributed by atoms with E-state index in [-0.39, 0.29) is 0 Å². The molecule has 0 aromatic carbocycles. The zero-order valence-corrected chi connectivity index (χ0v) is 6.59. The number of aryl methyl sites for hydroxylation is 1. The third kappa shape index (κ3) is 0.710. The Hall–Kier alpha value is -0.980. The van der Waals surface area contributed by atoms with Gasteiger partial charge >= 0.3 is 0 Å². The summed E-state index contributed by atoms with van der Waals surface area (Å²) in [6.45, 7) is 2.12. The van der Waals surface area contributed by atoms with Crippen molar-refractivity contribution in [2.24, 2.45) is 11.8 Å². The van der Waals surface area contributed by atoms with Crippen molar-refractivity contribution in [2.45, 2.75) is 13.3 Å². The van der Waals surface area contributed by atoms with Crippen molar-refractivity contribution >= 4 is 12.2 Å². The molecular weight excluding hydrogens is 134 g/mol. The lowest BCUT2D eigenvalue weighted by molar-refractivity contribution is 1.05. The average molecular weight is 145 g/mol. The molecule has 0 saturated heterocycles. The van der Waals surface area contributed by atoms with Crippen LogP contribution in [0.3, 0.4) is 0 Å². The van der Waals surface area contributed by atoms with Crippen LogP contribution in [0.15, 0.2) is 6.07 Å². The van der Waals surface area contributed by atoms with Gasteiger partial charge in [-0.3, -0.25) is 0 Å². The molecule has 56 valence electrons. The van der Waals surface area contributed by atoms with E-state index in [9.17, 15) is 0 Å². The van der Waals surface area contributed by atoms with Gasteiger partial charge in [0.2, 0.25) is 0 Å². The van der Waals surface area contributed by atoms with Gasteiger partial charge in [-0.2, -0.15) is 0 Å². The molecule has 11 heavy (non-hydrogen) atoms. The van der Waals surface area contributed by atoms with Crippen LogP contribution in [0.1, 0.15) is 12.1 Å². The van der Waals surface area contributed by atoms with E-state index in [2.05, 4.69) is 30.1 Å². The van der Waals surface area contributed by atoms with Crippen molar-refractivity contribution < 1.29 is 0 Å². The molecule has 1 fully saturated rings. The summed E-state index contributed by atoms with van der Waals surface area (Å²) in [4.78, 5) is 3.37. The molecule has 1 aromatic rings. The van der Waals surface area contributed by atoms with Crippen LogP contribution in [0.25, 0.3) is 12.2 Å². The first-order chi connectivity index (χ1) is 5.33. The maximum atomic E-state index is 3.37. The highest BCUT2D eigenvalue weighted by molar-refractivity contribution is 5.48. The van der Waals surface area contributed by atoms with E-state index in [4.69, 9.17) is 0 Å². The molecule has 0 aliphatic heterocycles. The standard InChI is InChI=1S/C10H11N/c1-6-2-9-4-7-3-8(7)5-10(9)11-6/h2,4-5,7-8,11H,3H2,1H3. The summed E-state index contributed by atoms with van der Waals surface area (Å²) >= 11 is 0. The lowest BCUT2D eigenvalue weighted by atomic mass is 10.2. The molecular formula is C10H11N. The fraction of sp³-hybridized carbons (Fsp3) is 0.400. The Morgan fingerprint density at radius 2 is 2.18 bits per heavy atom. The second-order valence-electron chi connectivity index (χ2n) is 3.72. The number of rotatable bonds is 0. The fourth-order valence-electron chi connectivity index (χ4n) is 1.97. The first-order valence-corrected chi connectivity index (χ1v) is 4.22. The molecule has 0 radical (unpaired) electrons. The van der Waals surface area contributed by atoms with E-state index in [1.165, 1.54) is 22.7 Å². The minimum Gasteiger partial charge on any atom is -0.359 e. The first-order valence-electron chi connectivity index (χ1n) is 4.22. The molecule has 3 rings (SSSR count). The van der Waals surface area contributed by atoms with Crippen LogP contribution in [0.4, 0.5) is 0 Å². The number of H-pyrrole nitrogens is 1. The van der Waals surface area contributed by atoms with E-state index in [1.54, 1.807) is 0 Å². The van der Waals surface area contributed by atoms with Gasteiger partial charge in [-0.15, -0.1) is 0 Å². The van der Waals surface area contributed by atoms with Gasteiger partial charge < -0.3 is 4.98 Å². The van der Waals surface area contributed by atoms with Gasteiger partial charge in [-0.1, -0.05) is 12.2 Å². The second kappa shape index (κ2) is 1.60. The Morgan fingerprint density at radius 1 is 1.36 bits per heavy atom. The van der Waals surface area contributed by atoms with Crippen molar-refractivity contribution in [3.8, 4) is 0 Å². The number of hydrogen-bond acceptors (Lipinski definition) is 0. The Morgan fingerprint density at radius 3 is 3.09 bits per heavy atom. The zero-order valence-electron chi connectivity index (χ0n) is 6.59. The van der Waals surface area contributed by atoms with Crippen molar-refractivity contribution in [1.82, 2.24) is 4.98 Å². The van der Waals surface area contributed by atoms with E-state index < -0.39 is 0 Å². The first kappa shape index (κ1) is 5.64.